The molecule has 4 rings (SSSR count). The molecule has 5 nitrogen and oxygen atoms in total. The van der Waals surface area contributed by atoms with Crippen molar-refractivity contribution in [3.63, 3.8) is 0 Å². The molecule has 3 aromatic rings. The van der Waals surface area contributed by atoms with Crippen molar-refractivity contribution in [3.05, 3.63) is 52.8 Å². The van der Waals surface area contributed by atoms with Gasteiger partial charge >= 0.3 is 0 Å². The number of aromatic nitrogens is 2. The second-order valence-electron chi connectivity index (χ2n) is 5.57. The summed E-state index contributed by atoms with van der Waals surface area (Å²) in [5.41, 5.74) is 2.02. The Morgan fingerprint density at radius 3 is 2.79 bits per heavy atom. The standard InChI is InChI=1S/C18H16BrN3O2/c19-13-3-4-15-14(9-13)18(22-11-21-15)20-10-12-2-5-16-17(8-12)24-7-1-6-23-16/h2-5,8-9,11H,1,6-7,10H2,(H,20,21,22). The highest BCUT2D eigenvalue weighted by molar-refractivity contribution is 9.10. The Morgan fingerprint density at radius 2 is 1.88 bits per heavy atom. The van der Waals surface area contributed by atoms with Crippen LogP contribution >= 0.6 is 15.9 Å². The lowest BCUT2D eigenvalue weighted by atomic mass is 10.2. The van der Waals surface area contributed by atoms with E-state index in [4.69, 9.17) is 9.47 Å². The summed E-state index contributed by atoms with van der Waals surface area (Å²) in [7, 11) is 0. The molecule has 1 aromatic heterocycles. The maximum atomic E-state index is 5.74. The summed E-state index contributed by atoms with van der Waals surface area (Å²) in [6.07, 6.45) is 2.48. The first-order valence-electron chi connectivity index (χ1n) is 7.82. The molecule has 0 aliphatic carbocycles. The Morgan fingerprint density at radius 1 is 1.00 bits per heavy atom. The fraction of sp³-hybridized carbons (Fsp3) is 0.222. The van der Waals surface area contributed by atoms with E-state index in [1.54, 1.807) is 6.33 Å². The lowest BCUT2D eigenvalue weighted by Crippen LogP contribution is -2.03. The average molecular weight is 386 g/mol. The van der Waals surface area contributed by atoms with Gasteiger partial charge in [0, 0.05) is 22.8 Å². The Hall–Kier alpha value is -2.34. The van der Waals surface area contributed by atoms with E-state index in [0.717, 1.165) is 44.7 Å². The van der Waals surface area contributed by atoms with Crippen LogP contribution in [0.1, 0.15) is 12.0 Å². The van der Waals surface area contributed by atoms with Crippen molar-refractivity contribution in [3.8, 4) is 11.5 Å². The number of hydrogen-bond donors (Lipinski definition) is 1. The van der Waals surface area contributed by atoms with E-state index in [2.05, 4.69) is 31.2 Å². The molecule has 1 aliphatic heterocycles. The normalized spacial score (nSPS) is 13.5. The number of fused-ring (bicyclic) bond motifs is 2. The summed E-state index contributed by atoms with van der Waals surface area (Å²) in [5.74, 6) is 2.43. The number of rotatable bonds is 3. The summed E-state index contributed by atoms with van der Waals surface area (Å²) < 4.78 is 12.4. The molecule has 0 spiro atoms. The average Bonchev–Trinajstić information content (AvgIpc) is 2.84. The van der Waals surface area contributed by atoms with Gasteiger partial charge in [-0.05, 0) is 35.9 Å². The molecule has 2 heterocycles. The molecule has 0 radical (unpaired) electrons. The number of halogens is 1. The molecule has 1 N–H and O–H groups in total. The van der Waals surface area contributed by atoms with Crippen LogP contribution in [-0.4, -0.2) is 23.2 Å². The molecule has 0 amide bonds. The minimum atomic E-state index is 0.648. The lowest BCUT2D eigenvalue weighted by molar-refractivity contribution is 0.297. The summed E-state index contributed by atoms with van der Waals surface area (Å²) in [5, 5.41) is 4.37. The minimum absolute atomic E-state index is 0.648. The summed E-state index contributed by atoms with van der Waals surface area (Å²) in [4.78, 5) is 8.66. The Labute approximate surface area is 148 Å². The Bertz CT molecular complexity index is 885. The molecular formula is C18H16BrN3O2. The molecule has 0 saturated heterocycles. The highest BCUT2D eigenvalue weighted by Gasteiger charge is 2.11. The Balaban J connectivity index is 1.57. The lowest BCUT2D eigenvalue weighted by Gasteiger charge is -2.11. The van der Waals surface area contributed by atoms with Crippen molar-refractivity contribution >= 4 is 32.7 Å². The first-order chi connectivity index (χ1) is 11.8. The van der Waals surface area contributed by atoms with Crippen molar-refractivity contribution in [1.29, 1.82) is 0 Å². The maximum Gasteiger partial charge on any atom is 0.161 e. The molecule has 2 aromatic carbocycles. The molecule has 24 heavy (non-hydrogen) atoms. The molecule has 0 atom stereocenters. The van der Waals surface area contributed by atoms with Crippen LogP contribution in [0.2, 0.25) is 0 Å². The first-order valence-corrected chi connectivity index (χ1v) is 8.61. The van der Waals surface area contributed by atoms with Crippen molar-refractivity contribution in [2.45, 2.75) is 13.0 Å². The van der Waals surface area contributed by atoms with Gasteiger partial charge in [-0.25, -0.2) is 9.97 Å². The van der Waals surface area contributed by atoms with Crippen LogP contribution in [0.5, 0.6) is 11.5 Å². The van der Waals surface area contributed by atoms with E-state index in [0.29, 0.717) is 19.8 Å². The predicted octanol–water partition coefficient (Wildman–Crippen LogP) is 4.17. The fourth-order valence-corrected chi connectivity index (χ4v) is 3.03. The summed E-state index contributed by atoms with van der Waals surface area (Å²) in [6, 6.07) is 12.0. The molecular weight excluding hydrogens is 370 g/mol. The van der Waals surface area contributed by atoms with Crippen LogP contribution in [0, 0.1) is 0 Å². The monoisotopic (exact) mass is 385 g/mol. The predicted molar refractivity (Wildman–Crippen MR) is 96.6 cm³/mol. The van der Waals surface area contributed by atoms with Crippen molar-refractivity contribution in [2.75, 3.05) is 18.5 Å². The summed E-state index contributed by atoms with van der Waals surface area (Å²) in [6.45, 7) is 2.04. The van der Waals surface area contributed by atoms with Gasteiger partial charge < -0.3 is 14.8 Å². The van der Waals surface area contributed by atoms with Gasteiger partial charge in [-0.1, -0.05) is 22.0 Å². The Kier molecular flexibility index (Phi) is 4.21. The highest BCUT2D eigenvalue weighted by atomic mass is 79.9. The van der Waals surface area contributed by atoms with Gasteiger partial charge in [0.1, 0.15) is 12.1 Å². The number of anilines is 1. The van der Waals surface area contributed by atoms with Crippen LogP contribution in [0.4, 0.5) is 5.82 Å². The molecule has 0 fully saturated rings. The number of nitrogens with zero attached hydrogens (tertiary/aromatic N) is 2. The van der Waals surface area contributed by atoms with Crippen LogP contribution in [0.3, 0.4) is 0 Å². The molecule has 0 saturated carbocycles. The number of ether oxygens (including phenoxy) is 2. The topological polar surface area (TPSA) is 56.3 Å². The molecule has 1 aliphatic rings. The third-order valence-corrected chi connectivity index (χ3v) is 4.36. The molecule has 0 unspecified atom stereocenters. The van der Waals surface area contributed by atoms with Gasteiger partial charge in [0.15, 0.2) is 11.5 Å². The van der Waals surface area contributed by atoms with Gasteiger partial charge in [-0.3, -0.25) is 0 Å². The van der Waals surface area contributed by atoms with E-state index in [-0.39, 0.29) is 0 Å². The molecule has 6 heteroatoms. The first kappa shape index (κ1) is 15.2. The third-order valence-electron chi connectivity index (χ3n) is 3.87. The molecule has 0 bridgehead atoms. The SMILES string of the molecule is Brc1ccc2ncnc(NCc3ccc4c(c3)OCCCO4)c2c1. The highest BCUT2D eigenvalue weighted by Crippen LogP contribution is 2.31. The number of nitrogens with one attached hydrogen (secondary N) is 1. The third kappa shape index (κ3) is 3.14. The number of benzene rings is 2. The van der Waals surface area contributed by atoms with E-state index < -0.39 is 0 Å². The van der Waals surface area contributed by atoms with Crippen LogP contribution in [-0.2, 0) is 6.54 Å². The second kappa shape index (κ2) is 6.65. The zero-order valence-electron chi connectivity index (χ0n) is 13.0. The smallest absolute Gasteiger partial charge is 0.161 e. The van der Waals surface area contributed by atoms with Crippen LogP contribution in [0.15, 0.2) is 47.2 Å². The maximum absolute atomic E-state index is 5.74. The van der Waals surface area contributed by atoms with E-state index in [9.17, 15) is 0 Å². The van der Waals surface area contributed by atoms with Gasteiger partial charge in [-0.2, -0.15) is 0 Å². The van der Waals surface area contributed by atoms with Gasteiger partial charge in [0.05, 0.1) is 18.7 Å². The minimum Gasteiger partial charge on any atom is -0.490 e. The van der Waals surface area contributed by atoms with Gasteiger partial charge in [0.2, 0.25) is 0 Å². The fourth-order valence-electron chi connectivity index (χ4n) is 2.67. The van der Waals surface area contributed by atoms with E-state index in [1.165, 1.54) is 0 Å². The second-order valence-corrected chi connectivity index (χ2v) is 6.48. The van der Waals surface area contributed by atoms with Crippen LogP contribution < -0.4 is 14.8 Å². The van der Waals surface area contributed by atoms with Crippen molar-refractivity contribution in [2.24, 2.45) is 0 Å². The van der Waals surface area contributed by atoms with Crippen molar-refractivity contribution < 1.29 is 9.47 Å². The quantitative estimate of drug-likeness (QED) is 0.733. The van der Waals surface area contributed by atoms with E-state index in [1.807, 2.05) is 36.4 Å². The van der Waals surface area contributed by atoms with E-state index >= 15 is 0 Å². The molecule has 122 valence electrons. The van der Waals surface area contributed by atoms with Crippen LogP contribution in [0.25, 0.3) is 10.9 Å². The summed E-state index contributed by atoms with van der Waals surface area (Å²) >= 11 is 3.50. The van der Waals surface area contributed by atoms with Gasteiger partial charge in [-0.15, -0.1) is 0 Å². The largest absolute Gasteiger partial charge is 0.490 e. The van der Waals surface area contributed by atoms with Crippen molar-refractivity contribution in [1.82, 2.24) is 9.97 Å². The van der Waals surface area contributed by atoms with Gasteiger partial charge in [0.25, 0.3) is 0 Å². The zero-order chi connectivity index (χ0) is 16.4. The zero-order valence-corrected chi connectivity index (χ0v) is 14.5. The number of hydrogen-bond acceptors (Lipinski definition) is 5.